The van der Waals surface area contributed by atoms with Crippen LogP contribution < -0.4 is 0 Å². The minimum absolute atomic E-state index is 0.00441. The molecular formula is C20H13N3O2S. The number of carboxylic acids is 1. The third-order valence-corrected chi connectivity index (χ3v) is 5.23. The van der Waals surface area contributed by atoms with E-state index in [4.69, 9.17) is 5.11 Å². The van der Waals surface area contributed by atoms with Crippen molar-refractivity contribution >= 4 is 39.4 Å². The van der Waals surface area contributed by atoms with Crippen LogP contribution in [0.15, 0.2) is 66.0 Å². The highest BCUT2D eigenvalue weighted by Crippen LogP contribution is 2.34. The minimum Gasteiger partial charge on any atom is -0.481 e. The van der Waals surface area contributed by atoms with Crippen LogP contribution in [0.25, 0.3) is 27.4 Å². The van der Waals surface area contributed by atoms with Crippen LogP contribution in [0.3, 0.4) is 0 Å². The van der Waals surface area contributed by atoms with Crippen LogP contribution in [0.1, 0.15) is 5.56 Å². The molecule has 4 aromatic rings. The third-order valence-electron chi connectivity index (χ3n) is 4.20. The number of hydrogen-bond acceptors (Lipinski definition) is 4. The van der Waals surface area contributed by atoms with Crippen LogP contribution in [0.4, 0.5) is 0 Å². The number of rotatable bonds is 4. The molecule has 0 radical (unpaired) electrons. The summed E-state index contributed by atoms with van der Waals surface area (Å²) in [5, 5.41) is 21.2. The summed E-state index contributed by atoms with van der Waals surface area (Å²) in [5.74, 6) is -0.857. The van der Waals surface area contributed by atoms with Gasteiger partial charge < -0.3 is 9.67 Å². The van der Waals surface area contributed by atoms with E-state index in [1.807, 2.05) is 53.2 Å². The Labute approximate surface area is 153 Å². The van der Waals surface area contributed by atoms with Crippen molar-refractivity contribution in [1.29, 1.82) is 5.26 Å². The molecular weight excluding hydrogens is 346 g/mol. The SMILES string of the molecule is N#Cc1ccc(-n2cc(SCC(=O)O)c3ccncc32)c2ccccc12. The Morgan fingerprint density at radius 1 is 1.15 bits per heavy atom. The van der Waals surface area contributed by atoms with E-state index in [0.29, 0.717) is 5.56 Å². The highest BCUT2D eigenvalue weighted by atomic mass is 32.2. The summed E-state index contributed by atoms with van der Waals surface area (Å²) in [6.45, 7) is 0. The van der Waals surface area contributed by atoms with Gasteiger partial charge in [0.25, 0.3) is 0 Å². The van der Waals surface area contributed by atoms with Crippen LogP contribution in [0, 0.1) is 11.3 Å². The highest BCUT2D eigenvalue weighted by molar-refractivity contribution is 8.00. The maximum Gasteiger partial charge on any atom is 0.313 e. The van der Waals surface area contributed by atoms with Crippen molar-refractivity contribution in [3.05, 3.63) is 66.6 Å². The van der Waals surface area contributed by atoms with Crippen LogP contribution >= 0.6 is 11.8 Å². The van der Waals surface area contributed by atoms with Crippen molar-refractivity contribution in [2.24, 2.45) is 0 Å². The second-order valence-corrected chi connectivity index (χ2v) is 6.75. The van der Waals surface area contributed by atoms with Gasteiger partial charge in [0, 0.05) is 33.4 Å². The average molecular weight is 359 g/mol. The maximum absolute atomic E-state index is 11.0. The number of fused-ring (bicyclic) bond motifs is 2. The van der Waals surface area contributed by atoms with Crippen molar-refractivity contribution in [1.82, 2.24) is 9.55 Å². The summed E-state index contributed by atoms with van der Waals surface area (Å²) in [6.07, 6.45) is 5.41. The molecule has 2 aromatic carbocycles. The van der Waals surface area contributed by atoms with E-state index in [1.165, 1.54) is 11.8 Å². The number of hydrogen-bond donors (Lipinski definition) is 1. The molecule has 2 heterocycles. The minimum atomic E-state index is -0.853. The van der Waals surface area contributed by atoms with Crippen molar-refractivity contribution in [3.8, 4) is 11.8 Å². The Hall–Kier alpha value is -3.30. The van der Waals surface area contributed by atoms with Gasteiger partial charge in [-0.15, -0.1) is 11.8 Å². The molecule has 0 saturated carbocycles. The molecule has 0 unspecified atom stereocenters. The highest BCUT2D eigenvalue weighted by Gasteiger charge is 2.14. The first-order chi connectivity index (χ1) is 12.7. The second-order valence-electron chi connectivity index (χ2n) is 5.73. The summed E-state index contributed by atoms with van der Waals surface area (Å²) in [7, 11) is 0. The zero-order chi connectivity index (χ0) is 18.1. The van der Waals surface area contributed by atoms with Crippen LogP contribution in [-0.4, -0.2) is 26.4 Å². The maximum atomic E-state index is 11.0. The molecule has 0 amide bonds. The van der Waals surface area contributed by atoms with Crippen LogP contribution in [-0.2, 0) is 4.79 Å². The van der Waals surface area contributed by atoms with Gasteiger partial charge in [0.1, 0.15) is 0 Å². The first kappa shape index (κ1) is 16.2. The fourth-order valence-corrected chi connectivity index (χ4v) is 3.87. The van der Waals surface area contributed by atoms with Crippen LogP contribution in [0.5, 0.6) is 0 Å². The Kier molecular flexibility index (Phi) is 4.07. The number of nitriles is 1. The average Bonchev–Trinajstić information content (AvgIpc) is 3.04. The molecule has 0 atom stereocenters. The number of pyridine rings is 1. The number of nitrogens with zero attached hydrogens (tertiary/aromatic N) is 3. The quantitative estimate of drug-likeness (QED) is 0.552. The van der Waals surface area contributed by atoms with Gasteiger partial charge in [0.15, 0.2) is 0 Å². The number of carbonyl (C=O) groups is 1. The van der Waals surface area contributed by atoms with Gasteiger partial charge in [-0.3, -0.25) is 9.78 Å². The Bertz CT molecular complexity index is 1190. The van der Waals surface area contributed by atoms with E-state index < -0.39 is 5.97 Å². The smallest absolute Gasteiger partial charge is 0.313 e. The molecule has 0 aliphatic rings. The Morgan fingerprint density at radius 2 is 1.96 bits per heavy atom. The fraction of sp³-hybridized carbons (Fsp3) is 0.0500. The van der Waals surface area contributed by atoms with Crippen LogP contribution in [0.2, 0.25) is 0 Å². The molecule has 2 aromatic heterocycles. The summed E-state index contributed by atoms with van der Waals surface area (Å²) >= 11 is 1.29. The molecule has 0 bridgehead atoms. The van der Waals surface area contributed by atoms with E-state index >= 15 is 0 Å². The summed E-state index contributed by atoms with van der Waals surface area (Å²) in [5.41, 5.74) is 2.45. The molecule has 4 rings (SSSR count). The predicted octanol–water partition coefficient (Wildman–Crippen LogP) is 4.23. The molecule has 1 N–H and O–H groups in total. The zero-order valence-electron chi connectivity index (χ0n) is 13.6. The molecule has 0 aliphatic heterocycles. The zero-order valence-corrected chi connectivity index (χ0v) is 14.4. The monoisotopic (exact) mass is 359 g/mol. The number of benzene rings is 2. The topological polar surface area (TPSA) is 78.9 Å². The van der Waals surface area contributed by atoms with Gasteiger partial charge in [-0.2, -0.15) is 5.26 Å². The van der Waals surface area contributed by atoms with Crippen molar-refractivity contribution in [3.63, 3.8) is 0 Å². The van der Waals surface area contributed by atoms with E-state index in [0.717, 1.165) is 32.3 Å². The first-order valence-corrected chi connectivity index (χ1v) is 8.89. The molecule has 0 saturated heterocycles. The lowest BCUT2D eigenvalue weighted by Gasteiger charge is -2.10. The van der Waals surface area contributed by atoms with Gasteiger partial charge in [0.05, 0.1) is 34.8 Å². The molecule has 5 nitrogen and oxygen atoms in total. The van der Waals surface area contributed by atoms with Gasteiger partial charge >= 0.3 is 5.97 Å². The summed E-state index contributed by atoms with van der Waals surface area (Å²) in [4.78, 5) is 16.1. The molecule has 0 spiro atoms. The standard InChI is InChI=1S/C20H13N3O2S/c21-9-13-5-6-17(15-4-2-1-3-14(13)15)23-11-19(26-12-20(24)25)16-7-8-22-10-18(16)23/h1-8,10-11H,12H2,(H,24,25). The third kappa shape index (κ3) is 2.68. The van der Waals surface area contributed by atoms with Gasteiger partial charge in [-0.05, 0) is 18.2 Å². The number of carboxylic acid groups (broad SMARTS) is 1. The first-order valence-electron chi connectivity index (χ1n) is 7.91. The van der Waals surface area contributed by atoms with Crippen molar-refractivity contribution < 1.29 is 9.90 Å². The summed E-state index contributed by atoms with van der Waals surface area (Å²) < 4.78 is 2.01. The fourth-order valence-electron chi connectivity index (χ4n) is 3.09. The Morgan fingerprint density at radius 3 is 2.73 bits per heavy atom. The second kappa shape index (κ2) is 6.54. The van der Waals surface area contributed by atoms with Crippen molar-refractivity contribution in [2.75, 3.05) is 5.75 Å². The molecule has 6 heteroatoms. The van der Waals surface area contributed by atoms with Gasteiger partial charge in [-0.25, -0.2) is 0 Å². The normalized spacial score (nSPS) is 10.9. The van der Waals surface area contributed by atoms with E-state index in [9.17, 15) is 10.1 Å². The summed E-state index contributed by atoms with van der Waals surface area (Å²) in [6, 6.07) is 15.6. The number of aliphatic carboxylic acids is 1. The van der Waals surface area contributed by atoms with Crippen molar-refractivity contribution in [2.45, 2.75) is 4.90 Å². The number of thioether (sulfide) groups is 1. The van der Waals surface area contributed by atoms with Gasteiger partial charge in [0.2, 0.25) is 0 Å². The van der Waals surface area contributed by atoms with E-state index in [2.05, 4.69) is 11.1 Å². The lowest BCUT2D eigenvalue weighted by Crippen LogP contribution is -1.97. The molecule has 26 heavy (non-hydrogen) atoms. The molecule has 0 fully saturated rings. The lowest BCUT2D eigenvalue weighted by atomic mass is 10.0. The van der Waals surface area contributed by atoms with E-state index in [1.54, 1.807) is 12.4 Å². The predicted molar refractivity (Wildman–Crippen MR) is 102 cm³/mol. The lowest BCUT2D eigenvalue weighted by molar-refractivity contribution is -0.133. The largest absolute Gasteiger partial charge is 0.481 e. The Balaban J connectivity index is 1.97. The molecule has 126 valence electrons. The van der Waals surface area contributed by atoms with Gasteiger partial charge in [-0.1, -0.05) is 24.3 Å². The number of aromatic nitrogens is 2. The molecule has 0 aliphatic carbocycles. The van der Waals surface area contributed by atoms with E-state index in [-0.39, 0.29) is 5.75 Å².